The minimum Gasteiger partial charge on any atom is -0.494 e. The fourth-order valence-corrected chi connectivity index (χ4v) is 4.51. The molecule has 1 aromatic carbocycles. The van der Waals surface area contributed by atoms with Crippen molar-refractivity contribution in [2.24, 2.45) is 0 Å². The first-order valence-corrected chi connectivity index (χ1v) is 12.4. The number of fused-ring (bicyclic) bond motifs is 1. The minimum absolute atomic E-state index is 0.164. The molecule has 0 fully saturated rings. The molecule has 36 heavy (non-hydrogen) atoms. The lowest BCUT2D eigenvalue weighted by molar-refractivity contribution is 0.0593. The SMILES string of the molecule is CCOc1ccc(CN2CCc3c(C(=O)OC)c(OCCCc4cccnc4)cc(=O)n3CC2)cc1. The van der Waals surface area contributed by atoms with Crippen LogP contribution < -0.4 is 15.0 Å². The molecule has 0 bridgehead atoms. The molecule has 0 saturated heterocycles. The Morgan fingerprint density at radius 3 is 2.61 bits per heavy atom. The van der Waals surface area contributed by atoms with Gasteiger partial charge in [0.05, 0.1) is 20.3 Å². The Morgan fingerprint density at radius 1 is 1.06 bits per heavy atom. The predicted octanol–water partition coefficient (Wildman–Crippen LogP) is 3.50. The van der Waals surface area contributed by atoms with Gasteiger partial charge in [-0.1, -0.05) is 18.2 Å². The van der Waals surface area contributed by atoms with Crippen LogP contribution in [0.25, 0.3) is 0 Å². The van der Waals surface area contributed by atoms with E-state index in [0.29, 0.717) is 56.3 Å². The lowest BCUT2D eigenvalue weighted by Gasteiger charge is -2.19. The third-order valence-corrected chi connectivity index (χ3v) is 6.31. The lowest BCUT2D eigenvalue weighted by Crippen LogP contribution is -2.29. The summed E-state index contributed by atoms with van der Waals surface area (Å²) in [5.41, 5.74) is 3.14. The molecule has 2 aromatic heterocycles. The number of nitrogens with zero attached hydrogens (tertiary/aromatic N) is 3. The fraction of sp³-hybridized carbons (Fsp3) is 0.393. The highest BCUT2D eigenvalue weighted by atomic mass is 16.5. The Kier molecular flexibility index (Phi) is 8.73. The molecule has 0 atom stereocenters. The van der Waals surface area contributed by atoms with Gasteiger partial charge < -0.3 is 18.8 Å². The van der Waals surface area contributed by atoms with Gasteiger partial charge in [0, 0.05) is 56.8 Å². The van der Waals surface area contributed by atoms with Gasteiger partial charge >= 0.3 is 5.97 Å². The van der Waals surface area contributed by atoms with Crippen molar-refractivity contribution >= 4 is 5.97 Å². The zero-order valence-corrected chi connectivity index (χ0v) is 20.9. The van der Waals surface area contributed by atoms with Crippen LogP contribution in [0, 0.1) is 0 Å². The number of aryl methyl sites for hydroxylation is 1. The van der Waals surface area contributed by atoms with Crippen LogP contribution in [0.15, 0.2) is 59.7 Å². The first kappa shape index (κ1) is 25.4. The van der Waals surface area contributed by atoms with Crippen molar-refractivity contribution < 1.29 is 19.0 Å². The Labute approximate surface area is 211 Å². The smallest absolute Gasteiger partial charge is 0.343 e. The molecule has 0 aliphatic carbocycles. The largest absolute Gasteiger partial charge is 0.494 e. The van der Waals surface area contributed by atoms with Crippen molar-refractivity contribution in [3.05, 3.63) is 87.6 Å². The standard InChI is InChI=1S/C28H33N3O5/c1-3-35-23-10-8-22(9-11-23)20-30-14-12-24-27(28(33)34-2)25(18-26(32)31(24)16-15-30)36-17-5-7-21-6-4-13-29-19-21/h4,6,8-11,13,18-19H,3,5,7,12,14-17,20H2,1-2H3. The van der Waals surface area contributed by atoms with E-state index in [1.54, 1.807) is 10.8 Å². The van der Waals surface area contributed by atoms with Crippen LogP contribution in [-0.2, 0) is 30.7 Å². The molecule has 0 amide bonds. The Balaban J connectivity index is 1.47. The van der Waals surface area contributed by atoms with Crippen LogP contribution in [0.2, 0.25) is 0 Å². The monoisotopic (exact) mass is 491 g/mol. The summed E-state index contributed by atoms with van der Waals surface area (Å²) in [6, 6.07) is 13.4. The predicted molar refractivity (Wildman–Crippen MR) is 137 cm³/mol. The van der Waals surface area contributed by atoms with Gasteiger partial charge in [0.1, 0.15) is 17.1 Å². The highest BCUT2D eigenvalue weighted by molar-refractivity contribution is 5.93. The third-order valence-electron chi connectivity index (χ3n) is 6.31. The van der Waals surface area contributed by atoms with E-state index in [9.17, 15) is 9.59 Å². The van der Waals surface area contributed by atoms with E-state index in [1.165, 1.54) is 18.7 Å². The van der Waals surface area contributed by atoms with Crippen LogP contribution >= 0.6 is 0 Å². The van der Waals surface area contributed by atoms with Crippen LogP contribution in [0.1, 0.15) is 40.5 Å². The molecule has 0 radical (unpaired) electrons. The maximum absolute atomic E-state index is 13.0. The van der Waals surface area contributed by atoms with E-state index in [0.717, 1.165) is 30.7 Å². The molecule has 1 aliphatic heterocycles. The number of ether oxygens (including phenoxy) is 3. The van der Waals surface area contributed by atoms with Gasteiger partial charge in [-0.3, -0.25) is 14.7 Å². The highest BCUT2D eigenvalue weighted by Crippen LogP contribution is 2.25. The van der Waals surface area contributed by atoms with E-state index in [-0.39, 0.29) is 5.56 Å². The molecule has 0 unspecified atom stereocenters. The molecule has 1 aliphatic rings. The van der Waals surface area contributed by atoms with Crippen LogP contribution in [0.4, 0.5) is 0 Å². The van der Waals surface area contributed by atoms with E-state index >= 15 is 0 Å². The minimum atomic E-state index is -0.485. The molecule has 4 rings (SSSR count). The summed E-state index contributed by atoms with van der Waals surface area (Å²) in [6.07, 6.45) is 5.65. The molecule has 8 nitrogen and oxygen atoms in total. The Morgan fingerprint density at radius 2 is 1.89 bits per heavy atom. The topological polar surface area (TPSA) is 82.9 Å². The number of aromatic nitrogens is 2. The number of hydrogen-bond acceptors (Lipinski definition) is 7. The van der Waals surface area contributed by atoms with Gasteiger partial charge in [-0.05, 0) is 49.1 Å². The number of carbonyl (C=O) groups excluding carboxylic acids is 1. The van der Waals surface area contributed by atoms with E-state index < -0.39 is 5.97 Å². The van der Waals surface area contributed by atoms with Gasteiger partial charge in [0.2, 0.25) is 0 Å². The number of pyridine rings is 2. The summed E-state index contributed by atoms with van der Waals surface area (Å²) >= 11 is 0. The van der Waals surface area contributed by atoms with E-state index in [2.05, 4.69) is 22.0 Å². The summed E-state index contributed by atoms with van der Waals surface area (Å²) in [6.45, 7) is 5.64. The van der Waals surface area contributed by atoms with Gasteiger partial charge in [-0.25, -0.2) is 4.79 Å². The zero-order chi connectivity index (χ0) is 25.3. The highest BCUT2D eigenvalue weighted by Gasteiger charge is 2.26. The molecule has 0 N–H and O–H groups in total. The van der Waals surface area contributed by atoms with Crippen LogP contribution in [-0.4, -0.2) is 53.8 Å². The summed E-state index contributed by atoms with van der Waals surface area (Å²) in [7, 11) is 1.35. The van der Waals surface area contributed by atoms with Crippen molar-refractivity contribution in [2.75, 3.05) is 33.4 Å². The summed E-state index contributed by atoms with van der Waals surface area (Å²) in [5.74, 6) is 0.664. The molecule has 3 aromatic rings. The van der Waals surface area contributed by atoms with Crippen molar-refractivity contribution in [1.29, 1.82) is 0 Å². The number of benzene rings is 1. The number of esters is 1. The van der Waals surface area contributed by atoms with Crippen molar-refractivity contribution in [3.63, 3.8) is 0 Å². The second kappa shape index (κ2) is 12.4. The lowest BCUT2D eigenvalue weighted by atomic mass is 10.1. The molecular weight excluding hydrogens is 458 g/mol. The van der Waals surface area contributed by atoms with Gasteiger partial charge in [-0.2, -0.15) is 0 Å². The van der Waals surface area contributed by atoms with Crippen LogP contribution in [0.5, 0.6) is 11.5 Å². The van der Waals surface area contributed by atoms with Gasteiger partial charge in [0.15, 0.2) is 0 Å². The summed E-state index contributed by atoms with van der Waals surface area (Å²) < 4.78 is 18.3. The second-order valence-corrected chi connectivity index (χ2v) is 8.73. The van der Waals surface area contributed by atoms with Gasteiger partial charge in [-0.15, -0.1) is 0 Å². The summed E-state index contributed by atoms with van der Waals surface area (Å²) in [5, 5.41) is 0. The molecular formula is C28H33N3O5. The zero-order valence-electron chi connectivity index (χ0n) is 20.9. The van der Waals surface area contributed by atoms with E-state index in [1.807, 2.05) is 37.4 Å². The fourth-order valence-electron chi connectivity index (χ4n) is 4.51. The van der Waals surface area contributed by atoms with Crippen molar-refractivity contribution in [2.45, 2.75) is 39.3 Å². The average molecular weight is 492 g/mol. The Bertz CT molecular complexity index is 1210. The Hall–Kier alpha value is -3.65. The first-order valence-electron chi connectivity index (χ1n) is 12.4. The number of rotatable bonds is 10. The molecule has 0 spiro atoms. The van der Waals surface area contributed by atoms with Crippen molar-refractivity contribution in [3.8, 4) is 11.5 Å². The first-order chi connectivity index (χ1) is 17.6. The number of carbonyl (C=O) groups is 1. The van der Waals surface area contributed by atoms with Crippen molar-refractivity contribution in [1.82, 2.24) is 14.5 Å². The normalized spacial score (nSPS) is 13.5. The number of hydrogen-bond donors (Lipinski definition) is 0. The second-order valence-electron chi connectivity index (χ2n) is 8.73. The molecule has 8 heteroatoms. The quantitative estimate of drug-likeness (QED) is 0.317. The van der Waals surface area contributed by atoms with Crippen LogP contribution in [0.3, 0.4) is 0 Å². The maximum atomic E-state index is 13.0. The number of methoxy groups -OCH3 is 1. The van der Waals surface area contributed by atoms with Gasteiger partial charge in [0.25, 0.3) is 5.56 Å². The summed E-state index contributed by atoms with van der Waals surface area (Å²) in [4.78, 5) is 32.2. The molecule has 0 saturated carbocycles. The maximum Gasteiger partial charge on any atom is 0.343 e. The third kappa shape index (κ3) is 6.31. The molecule has 3 heterocycles. The average Bonchev–Trinajstić information content (AvgIpc) is 3.11. The van der Waals surface area contributed by atoms with E-state index in [4.69, 9.17) is 14.2 Å². The molecule has 190 valence electrons.